The highest BCUT2D eigenvalue weighted by atomic mass is 79.9. The van der Waals surface area contributed by atoms with Crippen LogP contribution < -0.4 is 16.4 Å². The monoisotopic (exact) mass is 301 g/mol. The van der Waals surface area contributed by atoms with E-state index in [0.717, 1.165) is 0 Å². The van der Waals surface area contributed by atoms with Crippen LogP contribution in [0.3, 0.4) is 0 Å². The van der Waals surface area contributed by atoms with Gasteiger partial charge in [0.15, 0.2) is 0 Å². The number of aromatic nitrogens is 2. The van der Waals surface area contributed by atoms with E-state index in [0.29, 0.717) is 28.8 Å². The average molecular weight is 302 g/mol. The molecule has 17 heavy (non-hydrogen) atoms. The van der Waals surface area contributed by atoms with Crippen molar-refractivity contribution in [1.82, 2.24) is 15.3 Å². The normalized spacial score (nSPS) is 10.4. The number of nitrogens with two attached hydrogens (primary N) is 1. The van der Waals surface area contributed by atoms with Crippen molar-refractivity contribution in [3.63, 3.8) is 0 Å². The van der Waals surface area contributed by atoms with E-state index in [1.165, 1.54) is 0 Å². The Labute approximate surface area is 109 Å². The number of nitrogens with zero attached hydrogens (tertiary/aromatic N) is 2. The summed E-state index contributed by atoms with van der Waals surface area (Å²) in [5, 5.41) is 5.59. The van der Waals surface area contributed by atoms with Crippen LogP contribution in [-0.4, -0.2) is 29.0 Å². The van der Waals surface area contributed by atoms with Crippen LogP contribution in [-0.2, 0) is 4.79 Å². The van der Waals surface area contributed by atoms with Gasteiger partial charge in [-0.25, -0.2) is 4.98 Å². The number of carbonyl (C=O) groups excluding carboxylic acids is 1. The lowest BCUT2D eigenvalue weighted by molar-refractivity contribution is -0.119. The molecule has 0 aliphatic carbocycles. The van der Waals surface area contributed by atoms with Crippen LogP contribution in [0.25, 0.3) is 0 Å². The van der Waals surface area contributed by atoms with Gasteiger partial charge in [0.25, 0.3) is 0 Å². The quantitative estimate of drug-likeness (QED) is 0.706. The van der Waals surface area contributed by atoms with Crippen molar-refractivity contribution < 1.29 is 4.79 Å². The van der Waals surface area contributed by atoms with E-state index < -0.39 is 0 Å². The van der Waals surface area contributed by atoms with E-state index >= 15 is 0 Å². The highest BCUT2D eigenvalue weighted by Crippen LogP contribution is 2.11. The summed E-state index contributed by atoms with van der Waals surface area (Å²) in [4.78, 5) is 19.4. The Morgan fingerprint density at radius 2 is 2.24 bits per heavy atom. The van der Waals surface area contributed by atoms with E-state index in [4.69, 9.17) is 5.73 Å². The van der Waals surface area contributed by atoms with Gasteiger partial charge in [-0.1, -0.05) is 13.8 Å². The molecule has 0 aliphatic heterocycles. The van der Waals surface area contributed by atoms with Gasteiger partial charge in [-0.2, -0.15) is 4.98 Å². The van der Waals surface area contributed by atoms with Crippen LogP contribution in [0.2, 0.25) is 0 Å². The van der Waals surface area contributed by atoms with Crippen molar-refractivity contribution in [2.45, 2.75) is 13.8 Å². The van der Waals surface area contributed by atoms with Crippen molar-refractivity contribution >= 4 is 33.6 Å². The van der Waals surface area contributed by atoms with Crippen molar-refractivity contribution in [1.29, 1.82) is 0 Å². The number of hydrogen-bond acceptors (Lipinski definition) is 5. The molecule has 0 aliphatic rings. The van der Waals surface area contributed by atoms with Gasteiger partial charge in [-0.05, 0) is 21.8 Å². The Hall–Kier alpha value is -1.37. The second-order valence-corrected chi connectivity index (χ2v) is 4.80. The maximum absolute atomic E-state index is 11.4. The number of rotatable bonds is 5. The zero-order chi connectivity index (χ0) is 12.8. The third kappa shape index (κ3) is 5.48. The molecule has 1 aromatic heterocycles. The number of nitrogen functional groups attached to an aromatic ring is 1. The lowest BCUT2D eigenvalue weighted by Crippen LogP contribution is -2.32. The topological polar surface area (TPSA) is 92.9 Å². The van der Waals surface area contributed by atoms with Crippen LogP contribution in [0.15, 0.2) is 10.7 Å². The first kappa shape index (κ1) is 13.7. The maximum atomic E-state index is 11.4. The molecule has 0 atom stereocenters. The highest BCUT2D eigenvalue weighted by Gasteiger charge is 2.04. The van der Waals surface area contributed by atoms with Gasteiger partial charge in [0.1, 0.15) is 10.4 Å². The average Bonchev–Trinajstić information content (AvgIpc) is 2.22. The molecule has 0 saturated carbocycles. The smallest absolute Gasteiger partial charge is 0.239 e. The van der Waals surface area contributed by atoms with Gasteiger partial charge in [0.05, 0.1) is 6.54 Å². The van der Waals surface area contributed by atoms with E-state index in [1.807, 2.05) is 13.8 Å². The molecule has 0 unspecified atom stereocenters. The molecule has 1 rings (SSSR count). The summed E-state index contributed by atoms with van der Waals surface area (Å²) in [6, 6.07) is 1.59. The Morgan fingerprint density at radius 1 is 1.53 bits per heavy atom. The molecule has 0 fully saturated rings. The summed E-state index contributed by atoms with van der Waals surface area (Å²) < 4.78 is 0.579. The van der Waals surface area contributed by atoms with Gasteiger partial charge in [0, 0.05) is 12.6 Å². The predicted molar refractivity (Wildman–Crippen MR) is 70.5 cm³/mol. The lowest BCUT2D eigenvalue weighted by Gasteiger charge is -2.08. The summed E-state index contributed by atoms with van der Waals surface area (Å²) in [5.41, 5.74) is 5.54. The maximum Gasteiger partial charge on any atom is 0.239 e. The molecule has 4 N–H and O–H groups in total. The molecule has 7 heteroatoms. The first-order chi connectivity index (χ1) is 7.97. The minimum atomic E-state index is -0.0964. The number of carbonyl (C=O) groups is 1. The molecular weight excluding hydrogens is 286 g/mol. The number of amides is 1. The number of anilines is 2. The summed E-state index contributed by atoms with van der Waals surface area (Å²) in [5.74, 6) is 1.01. The molecule has 0 aromatic carbocycles. The SMILES string of the molecule is CC(C)CNC(=O)CNc1nc(N)cc(Br)n1. The highest BCUT2D eigenvalue weighted by molar-refractivity contribution is 9.10. The molecule has 6 nitrogen and oxygen atoms in total. The molecule has 94 valence electrons. The molecule has 1 heterocycles. The second-order valence-electron chi connectivity index (χ2n) is 3.99. The zero-order valence-corrected chi connectivity index (χ0v) is 11.4. The summed E-state index contributed by atoms with van der Waals surface area (Å²) in [6.07, 6.45) is 0. The summed E-state index contributed by atoms with van der Waals surface area (Å²) in [7, 11) is 0. The van der Waals surface area contributed by atoms with Crippen LogP contribution >= 0.6 is 15.9 Å². The Bertz CT molecular complexity index is 376. The predicted octanol–water partition coefficient (Wildman–Crippen LogP) is 1.01. The van der Waals surface area contributed by atoms with E-state index in [-0.39, 0.29) is 12.5 Å². The summed E-state index contributed by atoms with van der Waals surface area (Å²) in [6.45, 7) is 4.85. The van der Waals surface area contributed by atoms with Crippen LogP contribution in [0, 0.1) is 5.92 Å². The lowest BCUT2D eigenvalue weighted by atomic mass is 10.2. The minimum Gasteiger partial charge on any atom is -0.383 e. The number of halogens is 1. The minimum absolute atomic E-state index is 0.0964. The molecule has 1 amide bonds. The van der Waals surface area contributed by atoms with Crippen molar-refractivity contribution in [2.24, 2.45) is 5.92 Å². The molecule has 0 radical (unpaired) electrons. The van der Waals surface area contributed by atoms with Gasteiger partial charge in [0.2, 0.25) is 11.9 Å². The standard InChI is InChI=1S/C10H16BrN5O/c1-6(2)4-13-9(17)5-14-10-15-7(11)3-8(12)16-10/h3,6H,4-5H2,1-2H3,(H,13,17)(H3,12,14,15,16). The van der Waals surface area contributed by atoms with Crippen molar-refractivity contribution in [3.8, 4) is 0 Å². The van der Waals surface area contributed by atoms with Crippen molar-refractivity contribution in [3.05, 3.63) is 10.7 Å². The van der Waals surface area contributed by atoms with Gasteiger partial charge in [-0.3, -0.25) is 4.79 Å². The number of hydrogen-bond donors (Lipinski definition) is 3. The fourth-order valence-electron chi connectivity index (χ4n) is 1.05. The van der Waals surface area contributed by atoms with E-state index in [9.17, 15) is 4.79 Å². The Balaban J connectivity index is 2.42. The van der Waals surface area contributed by atoms with E-state index in [1.54, 1.807) is 6.07 Å². The van der Waals surface area contributed by atoms with Gasteiger partial charge < -0.3 is 16.4 Å². The molecular formula is C10H16BrN5O. The van der Waals surface area contributed by atoms with E-state index in [2.05, 4.69) is 36.5 Å². The first-order valence-electron chi connectivity index (χ1n) is 5.28. The largest absolute Gasteiger partial charge is 0.383 e. The van der Waals surface area contributed by atoms with Crippen LogP contribution in [0.4, 0.5) is 11.8 Å². The summed E-state index contributed by atoms with van der Waals surface area (Å²) >= 11 is 3.20. The number of nitrogens with one attached hydrogen (secondary N) is 2. The fraction of sp³-hybridized carbons (Fsp3) is 0.500. The van der Waals surface area contributed by atoms with Crippen LogP contribution in [0.1, 0.15) is 13.8 Å². The molecule has 0 bridgehead atoms. The van der Waals surface area contributed by atoms with Crippen LogP contribution in [0.5, 0.6) is 0 Å². The van der Waals surface area contributed by atoms with Crippen molar-refractivity contribution in [2.75, 3.05) is 24.1 Å². The third-order valence-electron chi connectivity index (χ3n) is 1.83. The van der Waals surface area contributed by atoms with Gasteiger partial charge >= 0.3 is 0 Å². The first-order valence-corrected chi connectivity index (χ1v) is 6.07. The second kappa shape index (κ2) is 6.39. The third-order valence-corrected chi connectivity index (χ3v) is 2.24. The Morgan fingerprint density at radius 3 is 2.82 bits per heavy atom. The zero-order valence-electron chi connectivity index (χ0n) is 9.83. The fourth-order valence-corrected chi connectivity index (χ4v) is 1.46. The molecule has 0 saturated heterocycles. The van der Waals surface area contributed by atoms with Gasteiger partial charge in [-0.15, -0.1) is 0 Å². The Kier molecular flexibility index (Phi) is 5.14. The molecule has 0 spiro atoms. The molecule has 1 aromatic rings.